The fourth-order valence-corrected chi connectivity index (χ4v) is 2.39. The van der Waals surface area contributed by atoms with Crippen molar-refractivity contribution in [3.05, 3.63) is 57.6 Å². The van der Waals surface area contributed by atoms with Gasteiger partial charge in [-0.2, -0.15) is 5.26 Å². The van der Waals surface area contributed by atoms with Crippen LogP contribution in [0.2, 0.25) is 0 Å². The molecule has 0 fully saturated rings. The van der Waals surface area contributed by atoms with Crippen molar-refractivity contribution < 1.29 is 0 Å². The molecule has 2 aromatic carbocycles. The van der Waals surface area contributed by atoms with Crippen LogP contribution in [0, 0.1) is 18.3 Å². The zero-order valence-electron chi connectivity index (χ0n) is 11.0. The zero-order valence-corrected chi connectivity index (χ0v) is 12.6. The van der Waals surface area contributed by atoms with Crippen molar-refractivity contribution in [2.75, 3.05) is 5.32 Å². The van der Waals surface area contributed by atoms with E-state index in [1.165, 1.54) is 5.56 Å². The van der Waals surface area contributed by atoms with Crippen molar-refractivity contribution in [1.29, 1.82) is 5.26 Å². The first-order valence-corrected chi connectivity index (χ1v) is 6.99. The molecule has 0 aliphatic rings. The third-order valence-electron chi connectivity index (χ3n) is 3.01. The number of benzene rings is 2. The van der Waals surface area contributed by atoms with Crippen molar-refractivity contribution in [1.82, 2.24) is 0 Å². The third kappa shape index (κ3) is 3.15. The molecule has 0 spiro atoms. The molecule has 2 aromatic rings. The number of rotatable bonds is 3. The predicted octanol–water partition coefficient (Wildman–Crippen LogP) is 4.94. The SMILES string of the molecule is CCc1cc(Br)ccc1Nc1ccc(C)cc1C#N. The van der Waals surface area contributed by atoms with Crippen molar-refractivity contribution >= 4 is 27.3 Å². The summed E-state index contributed by atoms with van der Waals surface area (Å²) in [6.45, 7) is 4.11. The molecule has 2 nitrogen and oxygen atoms in total. The molecule has 2 rings (SSSR count). The highest BCUT2D eigenvalue weighted by molar-refractivity contribution is 9.10. The van der Waals surface area contributed by atoms with Gasteiger partial charge in [0.15, 0.2) is 0 Å². The Hall–Kier alpha value is -1.79. The molecule has 0 atom stereocenters. The predicted molar refractivity (Wildman–Crippen MR) is 82.7 cm³/mol. The molecule has 0 aliphatic heterocycles. The number of halogens is 1. The Bertz CT molecular complexity index is 642. The smallest absolute Gasteiger partial charge is 0.101 e. The monoisotopic (exact) mass is 314 g/mol. The van der Waals surface area contributed by atoms with Crippen LogP contribution < -0.4 is 5.32 Å². The molecule has 0 saturated carbocycles. The van der Waals surface area contributed by atoms with Gasteiger partial charge in [-0.05, 0) is 54.8 Å². The van der Waals surface area contributed by atoms with Crippen molar-refractivity contribution in [3.8, 4) is 6.07 Å². The Morgan fingerprint density at radius 3 is 2.58 bits per heavy atom. The first-order valence-electron chi connectivity index (χ1n) is 6.20. The van der Waals surface area contributed by atoms with Crippen LogP contribution in [0.25, 0.3) is 0 Å². The first kappa shape index (κ1) is 13.6. The minimum absolute atomic E-state index is 0.671. The number of hydrogen-bond acceptors (Lipinski definition) is 2. The van der Waals surface area contributed by atoms with Gasteiger partial charge in [0.25, 0.3) is 0 Å². The molecule has 0 bridgehead atoms. The highest BCUT2D eigenvalue weighted by Gasteiger charge is 2.06. The van der Waals surface area contributed by atoms with Gasteiger partial charge < -0.3 is 5.32 Å². The van der Waals surface area contributed by atoms with Gasteiger partial charge in [-0.15, -0.1) is 0 Å². The normalized spacial score (nSPS) is 10.0. The Labute approximate surface area is 122 Å². The molecule has 0 amide bonds. The van der Waals surface area contributed by atoms with Crippen LogP contribution in [-0.2, 0) is 6.42 Å². The summed E-state index contributed by atoms with van der Waals surface area (Å²) in [7, 11) is 0. The summed E-state index contributed by atoms with van der Waals surface area (Å²) in [5.41, 5.74) is 4.88. The lowest BCUT2D eigenvalue weighted by atomic mass is 10.1. The summed E-state index contributed by atoms with van der Waals surface area (Å²) < 4.78 is 1.07. The minimum atomic E-state index is 0.671. The fraction of sp³-hybridized carbons (Fsp3) is 0.188. The molecule has 0 aliphatic carbocycles. The Kier molecular flexibility index (Phi) is 4.24. The molecule has 19 heavy (non-hydrogen) atoms. The number of nitrogens with one attached hydrogen (secondary N) is 1. The molecule has 96 valence electrons. The van der Waals surface area contributed by atoms with E-state index in [1.807, 2.05) is 37.3 Å². The van der Waals surface area contributed by atoms with E-state index < -0.39 is 0 Å². The van der Waals surface area contributed by atoms with Crippen LogP contribution in [0.3, 0.4) is 0 Å². The third-order valence-corrected chi connectivity index (χ3v) is 3.51. The molecule has 0 unspecified atom stereocenters. The van der Waals surface area contributed by atoms with Crippen molar-refractivity contribution in [2.45, 2.75) is 20.3 Å². The second-order valence-electron chi connectivity index (χ2n) is 4.44. The van der Waals surface area contributed by atoms with Crippen LogP contribution >= 0.6 is 15.9 Å². The van der Waals surface area contributed by atoms with Crippen LogP contribution in [-0.4, -0.2) is 0 Å². The van der Waals surface area contributed by atoms with Gasteiger partial charge in [0.1, 0.15) is 6.07 Å². The second kappa shape index (κ2) is 5.90. The molecule has 1 N–H and O–H groups in total. The van der Waals surface area contributed by atoms with Crippen molar-refractivity contribution in [3.63, 3.8) is 0 Å². The lowest BCUT2D eigenvalue weighted by Gasteiger charge is -2.13. The number of nitriles is 1. The number of hydrogen-bond donors (Lipinski definition) is 1. The van der Waals surface area contributed by atoms with E-state index in [-0.39, 0.29) is 0 Å². The van der Waals surface area contributed by atoms with E-state index in [0.717, 1.165) is 27.8 Å². The molecule has 0 aromatic heterocycles. The quantitative estimate of drug-likeness (QED) is 0.871. The van der Waals surface area contributed by atoms with E-state index in [1.54, 1.807) is 0 Å². The number of anilines is 2. The molecular weight excluding hydrogens is 300 g/mol. The van der Waals surface area contributed by atoms with Gasteiger partial charge in [-0.25, -0.2) is 0 Å². The molecular formula is C16H15BrN2. The highest BCUT2D eigenvalue weighted by Crippen LogP contribution is 2.27. The summed E-state index contributed by atoms with van der Waals surface area (Å²) in [5.74, 6) is 0. The molecule has 0 saturated heterocycles. The van der Waals surface area contributed by atoms with Crippen LogP contribution in [0.5, 0.6) is 0 Å². The van der Waals surface area contributed by atoms with Gasteiger partial charge in [0, 0.05) is 10.2 Å². The maximum atomic E-state index is 9.19. The van der Waals surface area contributed by atoms with E-state index in [0.29, 0.717) is 5.56 Å². The number of aryl methyl sites for hydroxylation is 2. The summed E-state index contributed by atoms with van der Waals surface area (Å²) >= 11 is 3.48. The highest BCUT2D eigenvalue weighted by atomic mass is 79.9. The van der Waals surface area contributed by atoms with Gasteiger partial charge in [-0.1, -0.05) is 28.9 Å². The van der Waals surface area contributed by atoms with Gasteiger partial charge in [0.05, 0.1) is 11.3 Å². The lowest BCUT2D eigenvalue weighted by molar-refractivity contribution is 1.14. The molecule has 0 heterocycles. The summed E-state index contributed by atoms with van der Waals surface area (Å²) in [6, 6.07) is 14.2. The lowest BCUT2D eigenvalue weighted by Crippen LogP contribution is -1.98. The maximum Gasteiger partial charge on any atom is 0.101 e. The van der Waals surface area contributed by atoms with E-state index in [9.17, 15) is 5.26 Å². The number of nitrogens with zero attached hydrogens (tertiary/aromatic N) is 1. The van der Waals surface area contributed by atoms with Crippen LogP contribution in [0.4, 0.5) is 11.4 Å². The summed E-state index contributed by atoms with van der Waals surface area (Å²) in [4.78, 5) is 0. The first-order chi connectivity index (χ1) is 9.13. The minimum Gasteiger partial charge on any atom is -0.354 e. The molecule has 3 heteroatoms. The van der Waals surface area contributed by atoms with Crippen molar-refractivity contribution in [2.24, 2.45) is 0 Å². The Balaban J connectivity index is 2.39. The van der Waals surface area contributed by atoms with E-state index in [2.05, 4.69) is 40.3 Å². The van der Waals surface area contributed by atoms with Gasteiger partial charge >= 0.3 is 0 Å². The summed E-state index contributed by atoms with van der Waals surface area (Å²) in [6.07, 6.45) is 0.940. The average Bonchev–Trinajstić information content (AvgIpc) is 2.42. The topological polar surface area (TPSA) is 35.8 Å². The molecule has 0 radical (unpaired) electrons. The standard InChI is InChI=1S/C16H15BrN2/c1-3-12-9-14(17)5-7-15(12)19-16-6-4-11(2)8-13(16)10-18/h4-9,19H,3H2,1-2H3. The van der Waals surface area contributed by atoms with Crippen LogP contribution in [0.1, 0.15) is 23.6 Å². The maximum absolute atomic E-state index is 9.19. The van der Waals surface area contributed by atoms with Gasteiger partial charge in [0.2, 0.25) is 0 Å². The average molecular weight is 315 g/mol. The Morgan fingerprint density at radius 1 is 1.16 bits per heavy atom. The van der Waals surface area contributed by atoms with Crippen LogP contribution in [0.15, 0.2) is 40.9 Å². The van der Waals surface area contributed by atoms with E-state index >= 15 is 0 Å². The van der Waals surface area contributed by atoms with E-state index in [4.69, 9.17) is 0 Å². The second-order valence-corrected chi connectivity index (χ2v) is 5.36. The largest absolute Gasteiger partial charge is 0.354 e. The fourth-order valence-electron chi connectivity index (χ4n) is 1.98. The van der Waals surface area contributed by atoms with Gasteiger partial charge in [-0.3, -0.25) is 0 Å². The Morgan fingerprint density at radius 2 is 1.89 bits per heavy atom. The zero-order chi connectivity index (χ0) is 13.8. The summed E-state index contributed by atoms with van der Waals surface area (Å²) in [5, 5.41) is 12.5.